The van der Waals surface area contributed by atoms with Crippen molar-refractivity contribution in [2.75, 3.05) is 13.2 Å². The predicted molar refractivity (Wildman–Crippen MR) is 128 cm³/mol. The molecule has 3 aromatic rings. The molecule has 9 heteroatoms. The Morgan fingerprint density at radius 1 is 0.829 bits per heavy atom. The summed E-state index contributed by atoms with van der Waals surface area (Å²) in [6, 6.07) is 20.2. The van der Waals surface area contributed by atoms with Crippen molar-refractivity contribution >= 4 is 27.8 Å². The fraction of sp³-hybridized carbons (Fsp3) is 0.115. The maximum Gasteiger partial charge on any atom is 0.358 e. The van der Waals surface area contributed by atoms with E-state index in [2.05, 4.69) is 11.7 Å². The number of rotatable bonds is 8. The van der Waals surface area contributed by atoms with Gasteiger partial charge in [0.05, 0.1) is 5.56 Å². The van der Waals surface area contributed by atoms with Crippen molar-refractivity contribution in [1.82, 2.24) is 0 Å². The molecule has 8 nitrogen and oxygen atoms in total. The van der Waals surface area contributed by atoms with Crippen LogP contribution in [0.1, 0.15) is 28.4 Å². The van der Waals surface area contributed by atoms with Crippen LogP contribution in [-0.2, 0) is 28.7 Å². The Kier molecular flexibility index (Phi) is 6.79. The molecule has 4 rings (SSSR count). The van der Waals surface area contributed by atoms with Crippen molar-refractivity contribution in [3.63, 3.8) is 0 Å². The van der Waals surface area contributed by atoms with Crippen molar-refractivity contribution < 1.29 is 31.8 Å². The number of fused-ring (bicyclic) bond motifs is 3. The molecule has 0 aromatic heterocycles. The molecule has 0 radical (unpaired) electrons. The standard InChI is InChI=1S/C26H21NO7S/c1-17(2)25(28)32-14-15-33-26(29)18-8-7-9-19(16-18)35(30,31)34-27-24-22-12-5-3-10-20(22)21-11-4-6-13-23(21)24/h3-13,16H,1,14-15H2,2H3. The van der Waals surface area contributed by atoms with Gasteiger partial charge in [0.25, 0.3) is 0 Å². The number of hydrogen-bond donors (Lipinski definition) is 0. The maximum atomic E-state index is 12.8. The molecule has 0 unspecified atom stereocenters. The third kappa shape index (κ3) is 5.15. The molecule has 3 aromatic carbocycles. The first-order valence-corrected chi connectivity index (χ1v) is 12.0. The quantitative estimate of drug-likeness (QED) is 0.158. The fourth-order valence-electron chi connectivity index (χ4n) is 3.48. The first-order valence-electron chi connectivity index (χ1n) is 10.6. The van der Waals surface area contributed by atoms with E-state index in [0.29, 0.717) is 5.71 Å². The fourth-order valence-corrected chi connectivity index (χ4v) is 4.25. The number of nitrogens with zero attached hydrogens (tertiary/aromatic N) is 1. The van der Waals surface area contributed by atoms with Gasteiger partial charge in [-0.05, 0) is 36.2 Å². The minimum Gasteiger partial charge on any atom is -0.459 e. The Bertz CT molecular complexity index is 1410. The SMILES string of the molecule is C=C(C)C(=O)OCCOC(=O)c1cccc(S(=O)(=O)ON=C2c3ccccc3-c3ccccc32)c1. The third-order valence-electron chi connectivity index (χ3n) is 5.14. The number of esters is 2. The van der Waals surface area contributed by atoms with E-state index >= 15 is 0 Å². The third-order valence-corrected chi connectivity index (χ3v) is 6.24. The van der Waals surface area contributed by atoms with Crippen LogP contribution in [0.15, 0.2) is 95.0 Å². The molecule has 0 atom stereocenters. The summed E-state index contributed by atoms with van der Waals surface area (Å²) >= 11 is 0. The summed E-state index contributed by atoms with van der Waals surface area (Å²) in [6.45, 7) is 4.60. The van der Waals surface area contributed by atoms with E-state index in [9.17, 15) is 18.0 Å². The Morgan fingerprint density at radius 3 is 2.00 bits per heavy atom. The lowest BCUT2D eigenvalue weighted by molar-refractivity contribution is -0.140. The lowest BCUT2D eigenvalue weighted by atomic mass is 10.1. The average molecular weight is 492 g/mol. The van der Waals surface area contributed by atoms with E-state index in [4.69, 9.17) is 13.8 Å². The molecule has 0 saturated carbocycles. The summed E-state index contributed by atoms with van der Waals surface area (Å²) in [5, 5.41) is 3.98. The van der Waals surface area contributed by atoms with Gasteiger partial charge in [-0.2, -0.15) is 8.42 Å². The van der Waals surface area contributed by atoms with Crippen LogP contribution < -0.4 is 0 Å². The smallest absolute Gasteiger partial charge is 0.358 e. The van der Waals surface area contributed by atoms with Crippen molar-refractivity contribution in [3.8, 4) is 11.1 Å². The molecule has 0 N–H and O–H groups in total. The van der Waals surface area contributed by atoms with Crippen LogP contribution in [0.25, 0.3) is 11.1 Å². The predicted octanol–water partition coefficient (Wildman–Crippen LogP) is 4.10. The Hall–Kier alpha value is -4.24. The van der Waals surface area contributed by atoms with Crippen LogP contribution in [0.5, 0.6) is 0 Å². The van der Waals surface area contributed by atoms with Crippen LogP contribution in [0.3, 0.4) is 0 Å². The highest BCUT2D eigenvalue weighted by atomic mass is 32.2. The number of carbonyl (C=O) groups is 2. The molecule has 0 amide bonds. The van der Waals surface area contributed by atoms with Crippen molar-refractivity contribution in [1.29, 1.82) is 0 Å². The van der Waals surface area contributed by atoms with Gasteiger partial charge in [0.2, 0.25) is 0 Å². The van der Waals surface area contributed by atoms with E-state index in [1.165, 1.54) is 25.1 Å². The summed E-state index contributed by atoms with van der Waals surface area (Å²) in [5.74, 6) is -1.38. The molecular formula is C26H21NO7S. The second-order valence-corrected chi connectivity index (χ2v) is 9.17. The van der Waals surface area contributed by atoms with Gasteiger partial charge >= 0.3 is 22.1 Å². The zero-order valence-electron chi connectivity index (χ0n) is 18.8. The van der Waals surface area contributed by atoms with Gasteiger partial charge in [-0.1, -0.05) is 66.3 Å². The van der Waals surface area contributed by atoms with Crippen molar-refractivity contribution in [2.45, 2.75) is 11.8 Å². The molecule has 0 fully saturated rings. The molecule has 0 saturated heterocycles. The second-order valence-electron chi connectivity index (χ2n) is 7.64. The first kappa shape index (κ1) is 23.9. The number of hydrogen-bond acceptors (Lipinski definition) is 8. The van der Waals surface area contributed by atoms with Gasteiger partial charge < -0.3 is 9.47 Å². The van der Waals surface area contributed by atoms with Crippen LogP contribution in [0, 0.1) is 0 Å². The Balaban J connectivity index is 1.49. The molecule has 0 bridgehead atoms. The maximum absolute atomic E-state index is 12.8. The van der Waals surface area contributed by atoms with E-state index in [1.54, 1.807) is 0 Å². The van der Waals surface area contributed by atoms with Crippen molar-refractivity contribution in [2.24, 2.45) is 5.16 Å². The van der Waals surface area contributed by atoms with E-state index < -0.39 is 22.1 Å². The van der Waals surface area contributed by atoms with E-state index in [-0.39, 0.29) is 29.2 Å². The van der Waals surface area contributed by atoms with Gasteiger partial charge in [0, 0.05) is 16.7 Å². The van der Waals surface area contributed by atoms with Crippen LogP contribution >= 0.6 is 0 Å². The number of oxime groups is 1. The first-order chi connectivity index (χ1) is 16.8. The highest BCUT2D eigenvalue weighted by Crippen LogP contribution is 2.36. The highest BCUT2D eigenvalue weighted by Gasteiger charge is 2.26. The zero-order chi connectivity index (χ0) is 25.0. The van der Waals surface area contributed by atoms with Gasteiger partial charge in [-0.15, -0.1) is 0 Å². The lowest BCUT2D eigenvalue weighted by Gasteiger charge is -2.08. The topological polar surface area (TPSA) is 108 Å². The molecule has 178 valence electrons. The monoisotopic (exact) mass is 491 g/mol. The molecule has 1 aliphatic rings. The van der Waals surface area contributed by atoms with Crippen molar-refractivity contribution in [3.05, 3.63) is 102 Å². The summed E-state index contributed by atoms with van der Waals surface area (Å²) in [6.07, 6.45) is 0. The van der Waals surface area contributed by atoms with Crippen LogP contribution in [0.2, 0.25) is 0 Å². The summed E-state index contributed by atoms with van der Waals surface area (Å²) < 4.78 is 40.6. The largest absolute Gasteiger partial charge is 0.459 e. The molecule has 0 heterocycles. The number of ether oxygens (including phenoxy) is 2. The molecule has 1 aliphatic carbocycles. The highest BCUT2D eigenvalue weighted by molar-refractivity contribution is 7.86. The number of carbonyl (C=O) groups excluding carboxylic acids is 2. The van der Waals surface area contributed by atoms with E-state index in [0.717, 1.165) is 28.3 Å². The second kappa shape index (κ2) is 9.94. The molecule has 0 aliphatic heterocycles. The minimum atomic E-state index is -4.33. The number of benzene rings is 3. The van der Waals surface area contributed by atoms with Crippen LogP contribution in [-0.4, -0.2) is 39.3 Å². The normalized spacial score (nSPS) is 11.7. The van der Waals surface area contributed by atoms with Gasteiger partial charge in [0.15, 0.2) is 0 Å². The zero-order valence-corrected chi connectivity index (χ0v) is 19.6. The molecule has 0 spiro atoms. The summed E-state index contributed by atoms with van der Waals surface area (Å²) in [5.41, 5.74) is 4.00. The lowest BCUT2D eigenvalue weighted by Crippen LogP contribution is -2.14. The van der Waals surface area contributed by atoms with Gasteiger partial charge in [-0.25, -0.2) is 9.59 Å². The average Bonchev–Trinajstić information content (AvgIpc) is 3.19. The molecule has 35 heavy (non-hydrogen) atoms. The van der Waals surface area contributed by atoms with Gasteiger partial charge in [-0.3, -0.25) is 4.28 Å². The molecular weight excluding hydrogens is 470 g/mol. The van der Waals surface area contributed by atoms with Gasteiger partial charge in [0.1, 0.15) is 23.8 Å². The Labute approximate surface area is 202 Å². The minimum absolute atomic E-state index is 0.00915. The summed E-state index contributed by atoms with van der Waals surface area (Å²) in [4.78, 5) is 23.4. The van der Waals surface area contributed by atoms with E-state index in [1.807, 2.05) is 48.5 Å². The summed E-state index contributed by atoms with van der Waals surface area (Å²) in [7, 11) is -4.33. The Morgan fingerprint density at radius 2 is 1.40 bits per heavy atom. The van der Waals surface area contributed by atoms with Crippen LogP contribution in [0.4, 0.5) is 0 Å².